The maximum absolute atomic E-state index is 10.2. The molecule has 0 rings (SSSR count). The first-order chi connectivity index (χ1) is 3.18. The summed E-state index contributed by atoms with van der Waals surface area (Å²) in [7, 11) is 0. The van der Waals surface area contributed by atoms with E-state index in [2.05, 4.69) is 6.58 Å². The third-order valence-electron chi connectivity index (χ3n) is 0.723. The molecule has 0 aromatic heterocycles. The molecule has 40 valence electrons. The van der Waals surface area contributed by atoms with E-state index in [9.17, 15) is 4.79 Å². The minimum atomic E-state index is -0.472. The lowest BCUT2D eigenvalue weighted by atomic mass is 10.2. The zero-order valence-corrected chi connectivity index (χ0v) is 4.35. The van der Waals surface area contributed by atoms with Crippen molar-refractivity contribution in [3.05, 3.63) is 12.7 Å². The van der Waals surface area contributed by atoms with Gasteiger partial charge in [0.05, 0.1) is 6.04 Å². The minimum Gasteiger partial charge on any atom is -0.318 e. The Balaban J connectivity index is 3.55. The molecule has 1 atom stereocenters. The van der Waals surface area contributed by atoms with Crippen LogP contribution in [0, 0.1) is 0 Å². The zero-order chi connectivity index (χ0) is 5.86. The van der Waals surface area contributed by atoms with Crippen LogP contribution in [0.1, 0.15) is 6.92 Å². The van der Waals surface area contributed by atoms with Crippen LogP contribution in [-0.2, 0) is 4.79 Å². The van der Waals surface area contributed by atoms with Crippen LogP contribution in [0.5, 0.6) is 0 Å². The number of hydrogen-bond donors (Lipinski definition) is 1. The highest BCUT2D eigenvalue weighted by Gasteiger charge is 1.98. The molecule has 2 nitrogen and oxygen atoms in total. The highest BCUT2D eigenvalue weighted by Crippen LogP contribution is 1.77. The lowest BCUT2D eigenvalue weighted by molar-refractivity contribution is -0.117. The summed E-state index contributed by atoms with van der Waals surface area (Å²) in [4.78, 5) is 10.2. The summed E-state index contributed by atoms with van der Waals surface area (Å²) in [5.74, 6) is -0.0463. The minimum absolute atomic E-state index is 0.0463. The van der Waals surface area contributed by atoms with E-state index >= 15 is 0 Å². The predicted molar refractivity (Wildman–Crippen MR) is 28.9 cm³/mol. The number of Topliss-reactive ketones (excluding diaryl/α,β-unsaturated/α-hetero) is 1. The van der Waals surface area contributed by atoms with Gasteiger partial charge in [-0.15, -0.1) is 6.58 Å². The number of hydrogen-bond acceptors (Lipinski definition) is 2. The van der Waals surface area contributed by atoms with Gasteiger partial charge in [-0.25, -0.2) is 0 Å². The molecule has 0 aliphatic rings. The molecule has 0 saturated carbocycles. The fourth-order valence-electron chi connectivity index (χ4n) is 0.166. The molecule has 0 aliphatic heterocycles. The Hall–Kier alpha value is -0.630. The standard InChI is InChI=1S/C5H9NO/c1-3-5(6)4(2)7/h3,5H,1,6H2,2H3. The number of carbonyl (C=O) groups is 1. The smallest absolute Gasteiger partial charge is 0.150 e. The molecule has 0 aliphatic carbocycles. The first kappa shape index (κ1) is 6.37. The first-order valence-corrected chi connectivity index (χ1v) is 2.07. The van der Waals surface area contributed by atoms with Gasteiger partial charge in [-0.3, -0.25) is 4.79 Å². The van der Waals surface area contributed by atoms with E-state index < -0.39 is 6.04 Å². The highest BCUT2D eigenvalue weighted by molar-refractivity contribution is 5.82. The molecule has 2 N–H and O–H groups in total. The third kappa shape index (κ3) is 2.11. The fourth-order valence-corrected chi connectivity index (χ4v) is 0.166. The van der Waals surface area contributed by atoms with Gasteiger partial charge in [0.2, 0.25) is 0 Å². The molecular weight excluding hydrogens is 90.1 g/mol. The largest absolute Gasteiger partial charge is 0.318 e. The average molecular weight is 99.1 g/mol. The number of ketones is 1. The molecule has 0 saturated heterocycles. The second kappa shape index (κ2) is 2.53. The van der Waals surface area contributed by atoms with E-state index in [0.29, 0.717) is 0 Å². The van der Waals surface area contributed by atoms with Crippen molar-refractivity contribution in [3.8, 4) is 0 Å². The monoisotopic (exact) mass is 99.1 g/mol. The molecule has 1 unspecified atom stereocenters. The Kier molecular flexibility index (Phi) is 2.30. The topological polar surface area (TPSA) is 43.1 Å². The maximum Gasteiger partial charge on any atom is 0.150 e. The lowest BCUT2D eigenvalue weighted by Gasteiger charge is -1.94. The molecule has 0 bridgehead atoms. The Morgan fingerprint density at radius 2 is 2.43 bits per heavy atom. The maximum atomic E-state index is 10.2. The molecule has 0 heterocycles. The molecule has 0 amide bonds. The Morgan fingerprint density at radius 1 is 2.00 bits per heavy atom. The van der Waals surface area contributed by atoms with Gasteiger partial charge in [0.1, 0.15) is 5.78 Å². The SMILES string of the molecule is C=CC(N)C(C)=O. The van der Waals surface area contributed by atoms with Crippen LogP contribution in [-0.4, -0.2) is 11.8 Å². The molecule has 0 spiro atoms. The van der Waals surface area contributed by atoms with Crippen molar-refractivity contribution in [2.75, 3.05) is 0 Å². The summed E-state index contributed by atoms with van der Waals surface area (Å²) < 4.78 is 0. The highest BCUT2D eigenvalue weighted by atomic mass is 16.1. The van der Waals surface area contributed by atoms with Crippen LogP contribution < -0.4 is 5.73 Å². The summed E-state index contributed by atoms with van der Waals surface area (Å²) in [6.45, 7) is 4.77. The van der Waals surface area contributed by atoms with E-state index in [1.807, 2.05) is 0 Å². The first-order valence-electron chi connectivity index (χ1n) is 2.07. The van der Waals surface area contributed by atoms with E-state index in [1.165, 1.54) is 13.0 Å². The van der Waals surface area contributed by atoms with Crippen LogP contribution in [0.2, 0.25) is 0 Å². The van der Waals surface area contributed by atoms with Gasteiger partial charge < -0.3 is 5.73 Å². The number of rotatable bonds is 2. The molecule has 0 aromatic rings. The molecule has 0 radical (unpaired) electrons. The van der Waals surface area contributed by atoms with Gasteiger partial charge >= 0.3 is 0 Å². The summed E-state index contributed by atoms with van der Waals surface area (Å²) >= 11 is 0. The molecule has 7 heavy (non-hydrogen) atoms. The summed E-state index contributed by atoms with van der Waals surface area (Å²) in [5.41, 5.74) is 5.15. The Morgan fingerprint density at radius 3 is 2.43 bits per heavy atom. The van der Waals surface area contributed by atoms with Gasteiger partial charge in [-0.2, -0.15) is 0 Å². The average Bonchev–Trinajstić information content (AvgIpc) is 1.65. The van der Waals surface area contributed by atoms with Crippen LogP contribution in [0.4, 0.5) is 0 Å². The Labute approximate surface area is 43.0 Å². The molecule has 0 aromatic carbocycles. The molecule has 2 heteroatoms. The van der Waals surface area contributed by atoms with Crippen molar-refractivity contribution in [1.29, 1.82) is 0 Å². The quantitative estimate of drug-likeness (QED) is 0.498. The third-order valence-corrected chi connectivity index (χ3v) is 0.723. The normalized spacial score (nSPS) is 12.9. The van der Waals surface area contributed by atoms with Crippen molar-refractivity contribution in [1.82, 2.24) is 0 Å². The Bertz CT molecular complexity index is 88.1. The van der Waals surface area contributed by atoms with Crippen molar-refractivity contribution in [3.63, 3.8) is 0 Å². The summed E-state index contributed by atoms with van der Waals surface area (Å²) in [5, 5.41) is 0. The number of nitrogens with two attached hydrogens (primary N) is 1. The molecule has 0 fully saturated rings. The van der Waals surface area contributed by atoms with Crippen molar-refractivity contribution >= 4 is 5.78 Å². The van der Waals surface area contributed by atoms with Gasteiger partial charge in [0, 0.05) is 0 Å². The van der Waals surface area contributed by atoms with Crippen molar-refractivity contribution in [2.24, 2.45) is 5.73 Å². The molecular formula is C5H9NO. The summed E-state index contributed by atoms with van der Waals surface area (Å²) in [6, 6.07) is -0.472. The number of carbonyl (C=O) groups excluding carboxylic acids is 1. The zero-order valence-electron chi connectivity index (χ0n) is 4.35. The summed E-state index contributed by atoms with van der Waals surface area (Å²) in [6.07, 6.45) is 1.42. The second-order valence-electron chi connectivity index (χ2n) is 1.37. The van der Waals surface area contributed by atoms with Gasteiger partial charge in [0.25, 0.3) is 0 Å². The van der Waals surface area contributed by atoms with Gasteiger partial charge in [-0.1, -0.05) is 6.08 Å². The van der Waals surface area contributed by atoms with E-state index in [-0.39, 0.29) is 5.78 Å². The van der Waals surface area contributed by atoms with Gasteiger partial charge in [0.15, 0.2) is 0 Å². The van der Waals surface area contributed by atoms with Crippen molar-refractivity contribution in [2.45, 2.75) is 13.0 Å². The van der Waals surface area contributed by atoms with E-state index in [0.717, 1.165) is 0 Å². The van der Waals surface area contributed by atoms with Crippen LogP contribution in [0.3, 0.4) is 0 Å². The van der Waals surface area contributed by atoms with Crippen LogP contribution in [0.25, 0.3) is 0 Å². The second-order valence-corrected chi connectivity index (χ2v) is 1.37. The van der Waals surface area contributed by atoms with Crippen molar-refractivity contribution < 1.29 is 4.79 Å². The van der Waals surface area contributed by atoms with E-state index in [1.54, 1.807) is 0 Å². The van der Waals surface area contributed by atoms with E-state index in [4.69, 9.17) is 5.73 Å². The van der Waals surface area contributed by atoms with Gasteiger partial charge in [-0.05, 0) is 6.92 Å². The lowest BCUT2D eigenvalue weighted by Crippen LogP contribution is -2.24. The predicted octanol–water partition coefficient (Wildman–Crippen LogP) is 0.0887. The van der Waals surface area contributed by atoms with Crippen LogP contribution >= 0.6 is 0 Å². The van der Waals surface area contributed by atoms with Crippen LogP contribution in [0.15, 0.2) is 12.7 Å². The fraction of sp³-hybridized carbons (Fsp3) is 0.400.